The Morgan fingerprint density at radius 3 is 2.40 bits per heavy atom. The number of hydrogen-bond donors (Lipinski definition) is 1. The highest BCUT2D eigenvalue weighted by atomic mass is 32.2. The van der Waals surface area contributed by atoms with Crippen molar-refractivity contribution in [1.82, 2.24) is 4.98 Å². The van der Waals surface area contributed by atoms with Crippen molar-refractivity contribution in [3.8, 4) is 28.5 Å². The van der Waals surface area contributed by atoms with E-state index in [0.29, 0.717) is 21.8 Å². The fourth-order valence-corrected chi connectivity index (χ4v) is 5.88. The van der Waals surface area contributed by atoms with Crippen LogP contribution in [-0.2, 0) is 4.79 Å². The maximum Gasteiger partial charge on any atom is 0.237 e. The smallest absolute Gasteiger partial charge is 0.237 e. The Kier molecular flexibility index (Phi) is 9.08. The van der Waals surface area contributed by atoms with Gasteiger partial charge in [0.25, 0.3) is 0 Å². The quantitative estimate of drug-likeness (QED) is 0.106. The third-order valence-electron chi connectivity index (χ3n) is 6.53. The van der Waals surface area contributed by atoms with Crippen LogP contribution in [0.2, 0.25) is 0 Å². The first-order chi connectivity index (χ1) is 20.4. The van der Waals surface area contributed by atoms with E-state index in [9.17, 15) is 14.9 Å². The Labute approximate surface area is 253 Å². The van der Waals surface area contributed by atoms with Gasteiger partial charge in [-0.2, -0.15) is 5.26 Å². The second kappa shape index (κ2) is 13.3. The zero-order chi connectivity index (χ0) is 29.5. The van der Waals surface area contributed by atoms with Gasteiger partial charge in [0.1, 0.15) is 11.1 Å². The van der Waals surface area contributed by atoms with E-state index in [1.807, 2.05) is 85.1 Å². The lowest BCUT2D eigenvalue weighted by Gasteiger charge is -2.16. The van der Waals surface area contributed by atoms with E-state index in [4.69, 9.17) is 4.98 Å². The number of rotatable bonds is 9. The van der Waals surface area contributed by atoms with Gasteiger partial charge in [0, 0.05) is 27.3 Å². The highest BCUT2D eigenvalue weighted by molar-refractivity contribution is 8.00. The van der Waals surface area contributed by atoms with Gasteiger partial charge in [-0.1, -0.05) is 78.0 Å². The first kappa shape index (κ1) is 28.7. The molecular formula is C35H27N3O2S2. The molecule has 1 atom stereocenters. The molecule has 2 heterocycles. The molecule has 7 heteroatoms. The number of thiophene rings is 1. The molecule has 42 heavy (non-hydrogen) atoms. The number of ketones is 1. The molecule has 0 saturated carbocycles. The summed E-state index contributed by atoms with van der Waals surface area (Å²) in [5.74, 6) is -0.340. The minimum absolute atomic E-state index is 0.108. The third kappa shape index (κ3) is 6.92. The molecule has 0 saturated heterocycles. The number of aryl methyl sites for hydroxylation is 1. The predicted molar refractivity (Wildman–Crippen MR) is 173 cm³/mol. The van der Waals surface area contributed by atoms with E-state index < -0.39 is 5.25 Å². The Bertz CT molecular complexity index is 1790. The van der Waals surface area contributed by atoms with E-state index >= 15 is 0 Å². The van der Waals surface area contributed by atoms with Crippen LogP contribution in [0.25, 0.3) is 28.5 Å². The number of nitrogens with zero attached hydrogens (tertiary/aromatic N) is 2. The summed E-state index contributed by atoms with van der Waals surface area (Å²) in [6, 6.07) is 32.8. The number of anilines is 1. The lowest BCUT2D eigenvalue weighted by atomic mass is 9.98. The van der Waals surface area contributed by atoms with Crippen molar-refractivity contribution >= 4 is 46.6 Å². The summed E-state index contributed by atoms with van der Waals surface area (Å²) in [6.07, 6.45) is 3.34. The SMILES string of the molecule is Cc1cccc(-c2cc(-c3ccccc3)nc(S[C@H](C)C(=O)Nc3ccc(C(=O)/C=C/c4cccs4)cc3)c2C#N)c1. The number of aromatic nitrogens is 1. The molecular weight excluding hydrogens is 559 g/mol. The van der Waals surface area contributed by atoms with Gasteiger partial charge < -0.3 is 5.32 Å². The summed E-state index contributed by atoms with van der Waals surface area (Å²) in [5, 5.41) is 15.0. The fraction of sp³-hybridized carbons (Fsp3) is 0.0857. The van der Waals surface area contributed by atoms with E-state index in [1.165, 1.54) is 11.8 Å². The fourth-order valence-electron chi connectivity index (χ4n) is 4.33. The summed E-state index contributed by atoms with van der Waals surface area (Å²) in [7, 11) is 0. The average molecular weight is 586 g/mol. The number of carbonyl (C=O) groups is 2. The van der Waals surface area contributed by atoms with Gasteiger partial charge in [-0.15, -0.1) is 11.3 Å². The molecule has 2 aromatic heterocycles. The highest BCUT2D eigenvalue weighted by Crippen LogP contribution is 2.36. The molecule has 1 amide bonds. The van der Waals surface area contributed by atoms with Crippen LogP contribution in [0.15, 0.2) is 114 Å². The lowest BCUT2D eigenvalue weighted by Crippen LogP contribution is -2.22. The van der Waals surface area contributed by atoms with Gasteiger partial charge in [0.05, 0.1) is 16.5 Å². The summed E-state index contributed by atoms with van der Waals surface area (Å²) >= 11 is 2.81. The van der Waals surface area contributed by atoms with Crippen molar-refractivity contribution in [2.75, 3.05) is 5.32 Å². The van der Waals surface area contributed by atoms with Crippen LogP contribution in [0.5, 0.6) is 0 Å². The van der Waals surface area contributed by atoms with Gasteiger partial charge in [-0.3, -0.25) is 9.59 Å². The van der Waals surface area contributed by atoms with Gasteiger partial charge in [0.15, 0.2) is 5.78 Å². The molecule has 0 unspecified atom stereocenters. The Balaban J connectivity index is 1.36. The van der Waals surface area contributed by atoms with Gasteiger partial charge in [0.2, 0.25) is 5.91 Å². The summed E-state index contributed by atoms with van der Waals surface area (Å²) < 4.78 is 0. The molecule has 1 N–H and O–H groups in total. The zero-order valence-corrected chi connectivity index (χ0v) is 24.7. The first-order valence-corrected chi connectivity index (χ1v) is 15.1. The van der Waals surface area contributed by atoms with E-state index in [-0.39, 0.29) is 11.7 Å². The van der Waals surface area contributed by atoms with Crippen LogP contribution in [-0.4, -0.2) is 21.9 Å². The molecule has 0 aliphatic carbocycles. The average Bonchev–Trinajstić information content (AvgIpc) is 3.54. The molecule has 0 radical (unpaired) electrons. The van der Waals surface area contributed by atoms with Gasteiger partial charge in [-0.05, 0) is 73.3 Å². The first-order valence-electron chi connectivity index (χ1n) is 13.3. The van der Waals surface area contributed by atoms with Crippen molar-refractivity contribution in [3.05, 3.63) is 130 Å². The van der Waals surface area contributed by atoms with Crippen LogP contribution in [0.4, 0.5) is 5.69 Å². The van der Waals surface area contributed by atoms with Crippen molar-refractivity contribution in [2.24, 2.45) is 0 Å². The second-order valence-electron chi connectivity index (χ2n) is 9.62. The van der Waals surface area contributed by atoms with Crippen molar-refractivity contribution in [1.29, 1.82) is 5.26 Å². The third-order valence-corrected chi connectivity index (χ3v) is 8.46. The largest absolute Gasteiger partial charge is 0.325 e. The van der Waals surface area contributed by atoms with Crippen LogP contribution >= 0.6 is 23.1 Å². The second-order valence-corrected chi connectivity index (χ2v) is 11.9. The monoisotopic (exact) mass is 585 g/mol. The number of benzene rings is 3. The van der Waals surface area contributed by atoms with Crippen LogP contribution in [0, 0.1) is 18.3 Å². The van der Waals surface area contributed by atoms with Gasteiger partial charge in [-0.25, -0.2) is 4.98 Å². The number of pyridine rings is 1. The lowest BCUT2D eigenvalue weighted by molar-refractivity contribution is -0.115. The van der Waals surface area contributed by atoms with Gasteiger partial charge >= 0.3 is 0 Å². The molecule has 0 aliphatic rings. The highest BCUT2D eigenvalue weighted by Gasteiger charge is 2.22. The minimum atomic E-state index is -0.545. The minimum Gasteiger partial charge on any atom is -0.325 e. The number of amides is 1. The van der Waals surface area contributed by atoms with E-state index in [1.54, 1.807) is 54.7 Å². The summed E-state index contributed by atoms with van der Waals surface area (Å²) in [6.45, 7) is 3.80. The number of nitrogens with one attached hydrogen (secondary N) is 1. The molecule has 5 aromatic rings. The predicted octanol–water partition coefficient (Wildman–Crippen LogP) is 8.67. The molecule has 0 spiro atoms. The maximum atomic E-state index is 13.2. The number of hydrogen-bond acceptors (Lipinski definition) is 6. The molecule has 0 bridgehead atoms. The summed E-state index contributed by atoms with van der Waals surface area (Å²) in [5.41, 5.74) is 5.99. The van der Waals surface area contributed by atoms with E-state index in [2.05, 4.69) is 11.4 Å². The van der Waals surface area contributed by atoms with Crippen LogP contribution in [0.3, 0.4) is 0 Å². The zero-order valence-electron chi connectivity index (χ0n) is 23.1. The van der Waals surface area contributed by atoms with Crippen molar-refractivity contribution in [3.63, 3.8) is 0 Å². The Morgan fingerprint density at radius 1 is 0.952 bits per heavy atom. The number of allylic oxidation sites excluding steroid dienone is 1. The number of thioether (sulfide) groups is 1. The molecule has 3 aromatic carbocycles. The molecule has 0 fully saturated rings. The standard InChI is InChI=1S/C35H27N3O2S2/c1-23-8-6-11-27(20-23)30-21-32(25-9-4-3-5-10-25)38-35(31(30)22-36)42-24(2)34(40)37-28-15-13-26(14-16-28)33(39)18-17-29-12-7-19-41-29/h3-21,24H,1-2H3,(H,37,40)/b18-17+/t24-/m1/s1. The molecule has 0 aliphatic heterocycles. The molecule has 5 nitrogen and oxygen atoms in total. The topological polar surface area (TPSA) is 82.8 Å². The Hall–Kier alpha value is -4.77. The van der Waals surface area contributed by atoms with Crippen molar-refractivity contribution in [2.45, 2.75) is 24.1 Å². The molecule has 5 rings (SSSR count). The number of carbonyl (C=O) groups excluding carboxylic acids is 2. The summed E-state index contributed by atoms with van der Waals surface area (Å²) in [4.78, 5) is 31.6. The van der Waals surface area contributed by atoms with Crippen molar-refractivity contribution < 1.29 is 9.59 Å². The maximum absolute atomic E-state index is 13.2. The Morgan fingerprint density at radius 2 is 1.71 bits per heavy atom. The number of nitriles is 1. The van der Waals surface area contributed by atoms with E-state index in [0.717, 1.165) is 32.8 Å². The van der Waals surface area contributed by atoms with Crippen LogP contribution < -0.4 is 5.32 Å². The van der Waals surface area contributed by atoms with Crippen LogP contribution in [0.1, 0.15) is 33.3 Å². The molecule has 206 valence electrons. The normalized spacial score (nSPS) is 11.6.